The molecule has 3 aromatic rings. The van der Waals surface area contributed by atoms with Gasteiger partial charge in [-0.3, -0.25) is 0 Å². The lowest BCUT2D eigenvalue weighted by Crippen LogP contribution is -2.30. The highest BCUT2D eigenvalue weighted by atomic mass is 32.2. The summed E-state index contributed by atoms with van der Waals surface area (Å²) in [6, 6.07) is 12.1. The Kier molecular flexibility index (Phi) is 6.33. The van der Waals surface area contributed by atoms with Crippen LogP contribution in [0.2, 0.25) is 0 Å². The molecule has 2 heterocycles. The third-order valence-corrected chi connectivity index (χ3v) is 6.45. The number of ether oxygens (including phenoxy) is 2. The first-order valence-corrected chi connectivity index (χ1v) is 10.6. The van der Waals surface area contributed by atoms with Crippen LogP contribution in [0.5, 0.6) is 5.75 Å². The molecule has 9 heteroatoms. The Morgan fingerprint density at radius 1 is 1.13 bits per heavy atom. The van der Waals surface area contributed by atoms with Crippen LogP contribution in [0, 0.1) is 6.92 Å². The first-order chi connectivity index (χ1) is 14.3. The molecule has 0 aliphatic rings. The van der Waals surface area contributed by atoms with Crippen molar-refractivity contribution < 1.29 is 27.1 Å². The van der Waals surface area contributed by atoms with Crippen molar-refractivity contribution in [1.82, 2.24) is 8.87 Å². The lowest BCUT2D eigenvalue weighted by Gasteiger charge is -2.21. The van der Waals surface area contributed by atoms with Gasteiger partial charge < -0.3 is 18.5 Å². The van der Waals surface area contributed by atoms with Gasteiger partial charge in [-0.1, -0.05) is 12.1 Å². The van der Waals surface area contributed by atoms with Crippen LogP contribution in [0.3, 0.4) is 0 Å². The molecule has 8 nitrogen and oxygen atoms in total. The monoisotopic (exact) mass is 432 g/mol. The van der Waals surface area contributed by atoms with Crippen molar-refractivity contribution in [3.8, 4) is 5.75 Å². The average Bonchev–Trinajstić information content (AvgIpc) is 3.33. The molecule has 0 aliphatic heterocycles. The number of benzene rings is 1. The van der Waals surface area contributed by atoms with Crippen LogP contribution < -0.4 is 4.74 Å². The van der Waals surface area contributed by atoms with Gasteiger partial charge in [-0.2, -0.15) is 4.31 Å². The summed E-state index contributed by atoms with van der Waals surface area (Å²) in [4.78, 5) is 11.9. The zero-order valence-corrected chi connectivity index (χ0v) is 18.1. The minimum atomic E-state index is -4.04. The van der Waals surface area contributed by atoms with Crippen molar-refractivity contribution in [2.45, 2.75) is 25.1 Å². The minimum absolute atomic E-state index is 0.0827. The Morgan fingerprint density at radius 3 is 2.40 bits per heavy atom. The van der Waals surface area contributed by atoms with Gasteiger partial charge in [-0.05, 0) is 36.8 Å². The minimum Gasteiger partial charge on any atom is -0.497 e. The Bertz CT molecular complexity index is 1130. The van der Waals surface area contributed by atoms with E-state index >= 15 is 0 Å². The highest BCUT2D eigenvalue weighted by Crippen LogP contribution is 2.26. The van der Waals surface area contributed by atoms with Gasteiger partial charge in [0.15, 0.2) is 0 Å². The summed E-state index contributed by atoms with van der Waals surface area (Å²) in [7, 11) is 0.609. The van der Waals surface area contributed by atoms with Crippen molar-refractivity contribution in [3.05, 3.63) is 71.2 Å². The maximum Gasteiger partial charge on any atom is 0.341 e. The summed E-state index contributed by atoms with van der Waals surface area (Å²) in [6.07, 6.45) is 1.85. The van der Waals surface area contributed by atoms with Crippen molar-refractivity contribution in [2.24, 2.45) is 7.05 Å². The number of furan rings is 1. The standard InChI is InChI=1S/C21H24N2O6S/c1-15-19(21(24)28-4)12-20(29-15)30(25,26)23(14-17-6-5-11-22(17)2)13-16-7-9-18(27-3)10-8-16/h5-12H,13-14H2,1-4H3. The molecule has 0 bridgehead atoms. The van der Waals surface area contributed by atoms with Crippen LogP contribution in [0.1, 0.15) is 27.4 Å². The number of aromatic nitrogens is 1. The van der Waals surface area contributed by atoms with Crippen LogP contribution in [-0.2, 0) is 34.9 Å². The summed E-state index contributed by atoms with van der Waals surface area (Å²) in [5.74, 6) is 0.213. The molecular weight excluding hydrogens is 408 g/mol. The van der Waals surface area contributed by atoms with E-state index in [9.17, 15) is 13.2 Å². The van der Waals surface area contributed by atoms with Crippen LogP contribution in [-0.4, -0.2) is 37.5 Å². The van der Waals surface area contributed by atoms with Crippen molar-refractivity contribution in [1.29, 1.82) is 0 Å². The van der Waals surface area contributed by atoms with Gasteiger partial charge in [-0.15, -0.1) is 0 Å². The molecule has 0 fully saturated rings. The number of esters is 1. The molecular formula is C21H24N2O6S. The van der Waals surface area contributed by atoms with Gasteiger partial charge in [0, 0.05) is 31.5 Å². The number of nitrogens with zero attached hydrogens (tertiary/aromatic N) is 2. The Hall–Kier alpha value is -3.04. The van der Waals surface area contributed by atoms with Crippen molar-refractivity contribution in [3.63, 3.8) is 0 Å². The van der Waals surface area contributed by atoms with Gasteiger partial charge in [-0.25, -0.2) is 13.2 Å². The fourth-order valence-corrected chi connectivity index (χ4v) is 4.40. The second kappa shape index (κ2) is 8.76. The third-order valence-electron chi connectivity index (χ3n) is 4.80. The number of carbonyl (C=O) groups is 1. The predicted molar refractivity (Wildman–Crippen MR) is 110 cm³/mol. The lowest BCUT2D eigenvalue weighted by molar-refractivity contribution is 0.0598. The van der Waals surface area contributed by atoms with Crippen LogP contribution in [0.15, 0.2) is 58.2 Å². The fourth-order valence-electron chi connectivity index (χ4n) is 3.02. The van der Waals surface area contributed by atoms with E-state index < -0.39 is 16.0 Å². The van der Waals surface area contributed by atoms with Gasteiger partial charge in [0.1, 0.15) is 17.1 Å². The van der Waals surface area contributed by atoms with Crippen molar-refractivity contribution >= 4 is 16.0 Å². The molecule has 0 N–H and O–H groups in total. The maximum atomic E-state index is 13.4. The van der Waals surface area contributed by atoms with E-state index in [1.54, 1.807) is 31.4 Å². The van der Waals surface area contributed by atoms with Crippen LogP contribution in [0.4, 0.5) is 0 Å². The summed E-state index contributed by atoms with van der Waals surface area (Å²) in [5, 5.41) is -0.303. The summed E-state index contributed by atoms with van der Waals surface area (Å²) in [5.41, 5.74) is 1.67. The zero-order chi connectivity index (χ0) is 21.9. The zero-order valence-electron chi connectivity index (χ0n) is 17.3. The second-order valence-electron chi connectivity index (χ2n) is 6.76. The molecule has 0 unspecified atom stereocenters. The van der Waals surface area contributed by atoms with Gasteiger partial charge in [0.25, 0.3) is 10.0 Å². The van der Waals surface area contributed by atoms with E-state index in [0.29, 0.717) is 5.75 Å². The summed E-state index contributed by atoms with van der Waals surface area (Å²) in [6.45, 7) is 1.77. The van der Waals surface area contributed by atoms with Crippen LogP contribution >= 0.6 is 0 Å². The number of aryl methyl sites for hydroxylation is 2. The van der Waals surface area contributed by atoms with Gasteiger partial charge in [0.2, 0.25) is 5.09 Å². The quantitative estimate of drug-likeness (QED) is 0.508. The number of hydrogen-bond acceptors (Lipinski definition) is 6. The van der Waals surface area contributed by atoms with E-state index in [0.717, 1.165) is 11.3 Å². The molecule has 0 saturated carbocycles. The molecule has 2 aromatic heterocycles. The molecule has 30 heavy (non-hydrogen) atoms. The average molecular weight is 432 g/mol. The van der Waals surface area contributed by atoms with E-state index in [1.165, 1.54) is 24.4 Å². The van der Waals surface area contributed by atoms with Gasteiger partial charge in [0.05, 0.1) is 20.8 Å². The highest BCUT2D eigenvalue weighted by Gasteiger charge is 2.31. The second-order valence-corrected chi connectivity index (χ2v) is 8.63. The first-order valence-electron chi connectivity index (χ1n) is 9.18. The molecule has 0 atom stereocenters. The molecule has 0 saturated heterocycles. The molecule has 160 valence electrons. The smallest absolute Gasteiger partial charge is 0.341 e. The Morgan fingerprint density at radius 2 is 1.83 bits per heavy atom. The van der Waals surface area contributed by atoms with E-state index in [4.69, 9.17) is 13.9 Å². The molecule has 0 radical (unpaired) electrons. The molecule has 3 rings (SSSR count). The number of rotatable bonds is 8. The third kappa shape index (κ3) is 4.42. The normalized spacial score (nSPS) is 11.6. The van der Waals surface area contributed by atoms with E-state index in [2.05, 4.69) is 0 Å². The highest BCUT2D eigenvalue weighted by molar-refractivity contribution is 7.88. The maximum absolute atomic E-state index is 13.4. The predicted octanol–water partition coefficient (Wildman–Crippen LogP) is 3.11. The van der Waals surface area contributed by atoms with Gasteiger partial charge >= 0.3 is 5.97 Å². The Labute approximate surface area is 175 Å². The lowest BCUT2D eigenvalue weighted by atomic mass is 10.2. The number of sulfonamides is 1. The molecule has 0 spiro atoms. The number of carbonyl (C=O) groups excluding carboxylic acids is 1. The van der Waals surface area contributed by atoms with E-state index in [1.807, 2.05) is 29.9 Å². The number of methoxy groups -OCH3 is 2. The molecule has 0 aliphatic carbocycles. The molecule has 0 amide bonds. The van der Waals surface area contributed by atoms with E-state index in [-0.39, 0.29) is 29.5 Å². The summed E-state index contributed by atoms with van der Waals surface area (Å²) < 4.78 is 45.3. The summed E-state index contributed by atoms with van der Waals surface area (Å²) >= 11 is 0. The first kappa shape index (κ1) is 21.7. The SMILES string of the molecule is COC(=O)c1cc(S(=O)(=O)N(Cc2ccc(OC)cc2)Cc2cccn2C)oc1C. The molecule has 1 aromatic carbocycles. The number of hydrogen-bond donors (Lipinski definition) is 0. The Balaban J connectivity index is 1.99. The van der Waals surface area contributed by atoms with Crippen molar-refractivity contribution in [2.75, 3.05) is 14.2 Å². The fraction of sp³-hybridized carbons (Fsp3) is 0.286. The topological polar surface area (TPSA) is 91.0 Å². The van der Waals surface area contributed by atoms with Crippen LogP contribution in [0.25, 0.3) is 0 Å². The largest absolute Gasteiger partial charge is 0.497 e.